The molecule has 1 N–H and O–H groups in total. The van der Waals surface area contributed by atoms with Gasteiger partial charge in [0.1, 0.15) is 0 Å². The highest BCUT2D eigenvalue weighted by Gasteiger charge is 2.18. The fraction of sp³-hybridized carbons (Fsp3) is 0. The van der Waals surface area contributed by atoms with E-state index in [4.69, 9.17) is 5.11 Å². The maximum Gasteiger partial charge on any atom is 0.336 e. The molecule has 0 aromatic heterocycles. The van der Waals surface area contributed by atoms with Crippen molar-refractivity contribution in [2.45, 2.75) is 0 Å². The van der Waals surface area contributed by atoms with Crippen molar-refractivity contribution in [1.29, 1.82) is 0 Å². The van der Waals surface area contributed by atoms with Crippen molar-refractivity contribution in [2.24, 2.45) is 0 Å². The van der Waals surface area contributed by atoms with E-state index in [1.807, 2.05) is 0 Å². The monoisotopic (exact) mass is 226 g/mol. The quantitative estimate of drug-likeness (QED) is 0.591. The Labute approximate surface area is 88.2 Å². The van der Waals surface area contributed by atoms with Gasteiger partial charge in [-0.3, -0.25) is 20.2 Å². The van der Waals surface area contributed by atoms with Crippen LogP contribution in [0, 0.1) is 20.2 Å². The first kappa shape index (κ1) is 13.4. The Hall–Kier alpha value is -2.55. The third-order valence-electron chi connectivity index (χ3n) is 1.57. The molecule has 0 aliphatic heterocycles. The molecule has 9 heteroatoms. The fourth-order valence-corrected chi connectivity index (χ4v) is 0.929. The van der Waals surface area contributed by atoms with Gasteiger partial charge in [-0.15, -0.1) is 0 Å². The van der Waals surface area contributed by atoms with Crippen molar-refractivity contribution in [3.8, 4) is 0 Å². The molecule has 9 nitrogen and oxygen atoms in total. The molecule has 0 aliphatic carbocycles. The van der Waals surface area contributed by atoms with Gasteiger partial charge in [-0.05, 0) is 0 Å². The SMILES string of the molecule is O=C(O)c1cc([N+](=O)[O-])cc([N+](=O)[O-])c1.[N]. The Kier molecular flexibility index (Phi) is 4.03. The van der Waals surface area contributed by atoms with Crippen LogP contribution in [-0.2, 0) is 0 Å². The molecule has 0 amide bonds. The van der Waals surface area contributed by atoms with E-state index < -0.39 is 32.8 Å². The van der Waals surface area contributed by atoms with Gasteiger partial charge in [0, 0.05) is 18.3 Å². The van der Waals surface area contributed by atoms with E-state index in [2.05, 4.69) is 0 Å². The molecular formula is C7H4N3O6. The van der Waals surface area contributed by atoms with Gasteiger partial charge in [-0.1, -0.05) is 0 Å². The lowest BCUT2D eigenvalue weighted by Gasteiger charge is -1.96. The van der Waals surface area contributed by atoms with Gasteiger partial charge >= 0.3 is 5.97 Å². The number of nitro benzene ring substituents is 2. The third-order valence-corrected chi connectivity index (χ3v) is 1.57. The number of nitrogens with zero attached hydrogens (tertiary/aromatic N) is 3. The second-order valence-corrected chi connectivity index (χ2v) is 2.56. The third kappa shape index (κ3) is 2.72. The lowest BCUT2D eigenvalue weighted by molar-refractivity contribution is -0.394. The Balaban J connectivity index is 0.00000225. The summed E-state index contributed by atoms with van der Waals surface area (Å²) in [6.07, 6.45) is 0. The van der Waals surface area contributed by atoms with E-state index in [0.29, 0.717) is 6.07 Å². The summed E-state index contributed by atoms with van der Waals surface area (Å²) in [4.78, 5) is 29.4. The number of non-ortho nitro benzene ring substituents is 2. The first-order valence-corrected chi connectivity index (χ1v) is 3.59. The molecule has 0 aliphatic rings. The van der Waals surface area contributed by atoms with Gasteiger partial charge in [0.05, 0.1) is 21.5 Å². The largest absolute Gasteiger partial charge is 0.478 e. The maximum absolute atomic E-state index is 10.5. The van der Waals surface area contributed by atoms with E-state index in [1.165, 1.54) is 0 Å². The van der Waals surface area contributed by atoms with Crippen molar-refractivity contribution in [1.82, 2.24) is 6.15 Å². The van der Waals surface area contributed by atoms with Crippen molar-refractivity contribution in [3.63, 3.8) is 0 Å². The zero-order valence-corrected chi connectivity index (χ0v) is 7.56. The molecule has 3 radical (unpaired) electrons. The van der Waals surface area contributed by atoms with Crippen LogP contribution < -0.4 is 6.15 Å². The van der Waals surface area contributed by atoms with Crippen LogP contribution in [0.15, 0.2) is 18.2 Å². The molecule has 0 heterocycles. The summed E-state index contributed by atoms with van der Waals surface area (Å²) in [5.41, 5.74) is -1.74. The Morgan fingerprint density at radius 1 is 1.06 bits per heavy atom. The number of carbonyl (C=O) groups is 1. The molecule has 1 aromatic rings. The van der Waals surface area contributed by atoms with Crippen LogP contribution in [0.2, 0.25) is 0 Å². The average Bonchev–Trinajstić information content (AvgIpc) is 2.16. The maximum atomic E-state index is 10.5. The highest BCUT2D eigenvalue weighted by atomic mass is 16.6. The molecule has 1 rings (SSSR count). The predicted molar refractivity (Wildman–Crippen MR) is 48.8 cm³/mol. The first-order chi connectivity index (χ1) is 6.91. The fourth-order valence-electron chi connectivity index (χ4n) is 0.929. The smallest absolute Gasteiger partial charge is 0.336 e. The second-order valence-electron chi connectivity index (χ2n) is 2.56. The van der Waals surface area contributed by atoms with Crippen LogP contribution in [0.25, 0.3) is 0 Å². The summed E-state index contributed by atoms with van der Waals surface area (Å²) in [5, 5.41) is 29.2. The van der Waals surface area contributed by atoms with Crippen LogP contribution >= 0.6 is 0 Å². The Bertz CT molecular complexity index is 378. The molecule has 0 saturated heterocycles. The number of carboxylic acid groups (broad SMARTS) is 1. The molecule has 0 unspecified atom stereocenters. The van der Waals surface area contributed by atoms with E-state index in [0.717, 1.165) is 12.1 Å². The Morgan fingerprint density at radius 3 is 1.69 bits per heavy atom. The minimum atomic E-state index is -1.46. The zero-order valence-electron chi connectivity index (χ0n) is 7.56. The highest BCUT2D eigenvalue weighted by molar-refractivity contribution is 5.89. The average molecular weight is 226 g/mol. The summed E-state index contributed by atoms with van der Waals surface area (Å²) < 4.78 is 0. The van der Waals surface area contributed by atoms with Crippen LogP contribution in [0.1, 0.15) is 10.4 Å². The van der Waals surface area contributed by atoms with E-state index in [9.17, 15) is 25.0 Å². The van der Waals surface area contributed by atoms with Crippen molar-refractivity contribution >= 4 is 17.3 Å². The van der Waals surface area contributed by atoms with Crippen molar-refractivity contribution in [3.05, 3.63) is 44.0 Å². The van der Waals surface area contributed by atoms with Crippen LogP contribution in [0.5, 0.6) is 0 Å². The van der Waals surface area contributed by atoms with Gasteiger partial charge in [-0.25, -0.2) is 4.79 Å². The summed E-state index contributed by atoms with van der Waals surface area (Å²) in [5.74, 6) is -1.46. The van der Waals surface area contributed by atoms with Gasteiger partial charge in [-0.2, -0.15) is 0 Å². The van der Waals surface area contributed by atoms with Gasteiger partial charge < -0.3 is 5.11 Å². The zero-order chi connectivity index (χ0) is 11.6. The molecule has 83 valence electrons. The van der Waals surface area contributed by atoms with E-state index >= 15 is 0 Å². The van der Waals surface area contributed by atoms with E-state index in [1.54, 1.807) is 0 Å². The summed E-state index contributed by atoms with van der Waals surface area (Å²) >= 11 is 0. The molecule has 16 heavy (non-hydrogen) atoms. The first-order valence-electron chi connectivity index (χ1n) is 3.59. The number of benzene rings is 1. The van der Waals surface area contributed by atoms with Crippen molar-refractivity contribution < 1.29 is 19.7 Å². The molecule has 0 bridgehead atoms. The lowest BCUT2D eigenvalue weighted by atomic mass is 10.2. The molecule has 1 aromatic carbocycles. The number of nitro groups is 2. The standard InChI is InChI=1S/C7H4N2O6.N/c10-7(11)4-1-5(8(12)13)3-6(2-4)9(14)15;/h1-3H,(H,10,11);. The molecule has 0 fully saturated rings. The molecule has 0 atom stereocenters. The van der Waals surface area contributed by atoms with E-state index in [-0.39, 0.29) is 6.15 Å². The highest BCUT2D eigenvalue weighted by Crippen LogP contribution is 2.22. The summed E-state index contributed by atoms with van der Waals surface area (Å²) in [6, 6.07) is 2.22. The van der Waals surface area contributed by atoms with Crippen molar-refractivity contribution in [2.75, 3.05) is 0 Å². The number of hydrogen-bond acceptors (Lipinski definition) is 5. The minimum Gasteiger partial charge on any atom is -0.478 e. The number of hydrogen-bond donors (Lipinski definition) is 1. The van der Waals surface area contributed by atoms with Crippen LogP contribution in [0.4, 0.5) is 11.4 Å². The number of rotatable bonds is 3. The normalized spacial score (nSPS) is 9.00. The van der Waals surface area contributed by atoms with Gasteiger partial charge in [0.25, 0.3) is 11.4 Å². The molecule has 0 spiro atoms. The van der Waals surface area contributed by atoms with Gasteiger partial charge in [0.2, 0.25) is 0 Å². The lowest BCUT2D eigenvalue weighted by Crippen LogP contribution is -2.00. The Morgan fingerprint density at radius 2 is 1.44 bits per heavy atom. The number of aromatic carboxylic acids is 1. The summed E-state index contributed by atoms with van der Waals surface area (Å²) in [6.45, 7) is 0. The van der Waals surface area contributed by atoms with Gasteiger partial charge in [0.15, 0.2) is 0 Å². The second kappa shape index (κ2) is 4.79. The van der Waals surface area contributed by atoms with Crippen LogP contribution in [0.3, 0.4) is 0 Å². The van der Waals surface area contributed by atoms with Crippen LogP contribution in [-0.4, -0.2) is 20.9 Å². The molecule has 0 saturated carbocycles. The number of carboxylic acids is 1. The topological polar surface area (TPSA) is 154 Å². The minimum absolute atomic E-state index is 0. The predicted octanol–water partition coefficient (Wildman–Crippen LogP) is 0.721. The summed E-state index contributed by atoms with van der Waals surface area (Å²) in [7, 11) is 0. The molecular weight excluding hydrogens is 222 g/mol.